The summed E-state index contributed by atoms with van der Waals surface area (Å²) in [5, 5.41) is 3.50. The topological polar surface area (TPSA) is 64.6 Å². The Morgan fingerprint density at radius 2 is 1.88 bits per heavy atom. The third kappa shape index (κ3) is 5.12. The molecule has 0 aliphatic carbocycles. The van der Waals surface area contributed by atoms with E-state index in [0.29, 0.717) is 11.9 Å². The van der Waals surface area contributed by atoms with Gasteiger partial charge < -0.3 is 20.0 Å². The molecular weight excluding hydrogens is 316 g/mol. The molecule has 0 radical (unpaired) electrons. The maximum absolute atomic E-state index is 11.6. The van der Waals surface area contributed by atoms with Crippen LogP contribution in [0.3, 0.4) is 0 Å². The van der Waals surface area contributed by atoms with E-state index < -0.39 is 0 Å². The van der Waals surface area contributed by atoms with Crippen LogP contribution in [0.1, 0.15) is 31.7 Å². The number of likely N-dealkylation sites (tertiary alicyclic amines) is 1. The first-order valence-corrected chi connectivity index (χ1v) is 9.37. The van der Waals surface area contributed by atoms with Crippen molar-refractivity contribution < 1.29 is 4.79 Å². The molecule has 2 aliphatic heterocycles. The molecule has 0 bridgehead atoms. The van der Waals surface area contributed by atoms with Gasteiger partial charge in [0.05, 0.1) is 0 Å². The van der Waals surface area contributed by atoms with Crippen LogP contribution in [0.25, 0.3) is 0 Å². The van der Waals surface area contributed by atoms with Crippen molar-refractivity contribution in [2.24, 2.45) is 0 Å². The van der Waals surface area contributed by atoms with E-state index in [1.165, 1.54) is 0 Å². The predicted octanol–water partition coefficient (Wildman–Crippen LogP) is 0.719. The highest BCUT2D eigenvalue weighted by Gasteiger charge is 2.20. The third-order valence-electron chi connectivity index (χ3n) is 5.14. The predicted molar refractivity (Wildman–Crippen MR) is 98.5 cm³/mol. The van der Waals surface area contributed by atoms with Crippen LogP contribution < -0.4 is 10.2 Å². The van der Waals surface area contributed by atoms with E-state index in [4.69, 9.17) is 0 Å². The molecule has 1 N–H and O–H groups in total. The fourth-order valence-corrected chi connectivity index (χ4v) is 3.29. The number of hydrogen-bond donors (Lipinski definition) is 1. The maximum atomic E-state index is 11.6. The lowest BCUT2D eigenvalue weighted by Gasteiger charge is -2.32. The van der Waals surface area contributed by atoms with Crippen LogP contribution in [0.2, 0.25) is 0 Å². The van der Waals surface area contributed by atoms with Crippen molar-refractivity contribution in [2.75, 3.05) is 51.2 Å². The van der Waals surface area contributed by atoms with Crippen molar-refractivity contribution in [3.63, 3.8) is 0 Å². The van der Waals surface area contributed by atoms with Crippen LogP contribution in [0.5, 0.6) is 0 Å². The highest BCUT2D eigenvalue weighted by atomic mass is 16.2. The molecule has 25 heavy (non-hydrogen) atoms. The molecule has 7 heteroatoms. The molecule has 138 valence electrons. The molecule has 2 aliphatic rings. The van der Waals surface area contributed by atoms with Gasteiger partial charge in [-0.1, -0.05) is 0 Å². The standard InChI is InChI=1S/C18H30N6O/c1-15(5-7-23-6-3-4-17(23)25)19-12-16-13-20-18(21-14-16)24-10-8-22(2)9-11-24/h13-15,19H,3-12H2,1-2H3. The number of piperazine rings is 1. The first-order valence-electron chi connectivity index (χ1n) is 9.37. The molecule has 3 rings (SSSR count). The Labute approximate surface area is 150 Å². The normalized spacial score (nSPS) is 20.3. The van der Waals surface area contributed by atoms with Gasteiger partial charge in [0.15, 0.2) is 0 Å². The van der Waals surface area contributed by atoms with E-state index in [0.717, 1.165) is 76.6 Å². The Morgan fingerprint density at radius 1 is 1.16 bits per heavy atom. The number of amides is 1. The Bertz CT molecular complexity index is 555. The van der Waals surface area contributed by atoms with Gasteiger partial charge in [-0.2, -0.15) is 0 Å². The first kappa shape index (κ1) is 18.1. The summed E-state index contributed by atoms with van der Waals surface area (Å²) in [5.41, 5.74) is 1.10. The summed E-state index contributed by atoms with van der Waals surface area (Å²) in [4.78, 5) is 27.2. The zero-order valence-electron chi connectivity index (χ0n) is 15.4. The van der Waals surface area contributed by atoms with Crippen LogP contribution in [0.15, 0.2) is 12.4 Å². The molecule has 1 unspecified atom stereocenters. The quantitative estimate of drug-likeness (QED) is 0.785. The van der Waals surface area contributed by atoms with Gasteiger partial charge in [-0.3, -0.25) is 4.79 Å². The zero-order valence-corrected chi connectivity index (χ0v) is 15.4. The summed E-state index contributed by atoms with van der Waals surface area (Å²) in [6, 6.07) is 0.366. The van der Waals surface area contributed by atoms with Crippen molar-refractivity contribution in [2.45, 2.75) is 38.8 Å². The Hall–Kier alpha value is -1.73. The van der Waals surface area contributed by atoms with Crippen LogP contribution in [0.4, 0.5) is 5.95 Å². The lowest BCUT2D eigenvalue weighted by molar-refractivity contribution is -0.127. The number of likely N-dealkylation sites (N-methyl/N-ethyl adjacent to an activating group) is 1. The molecule has 0 spiro atoms. The zero-order chi connectivity index (χ0) is 17.6. The minimum Gasteiger partial charge on any atom is -0.343 e. The maximum Gasteiger partial charge on any atom is 0.225 e. The van der Waals surface area contributed by atoms with E-state index in [1.807, 2.05) is 17.3 Å². The molecule has 3 heterocycles. The molecule has 7 nitrogen and oxygen atoms in total. The Balaban J connectivity index is 1.40. The number of nitrogens with one attached hydrogen (secondary N) is 1. The smallest absolute Gasteiger partial charge is 0.225 e. The average molecular weight is 346 g/mol. The number of nitrogens with zero attached hydrogens (tertiary/aromatic N) is 5. The van der Waals surface area contributed by atoms with Gasteiger partial charge in [0.1, 0.15) is 0 Å². The van der Waals surface area contributed by atoms with E-state index >= 15 is 0 Å². The number of hydrogen-bond acceptors (Lipinski definition) is 6. The van der Waals surface area contributed by atoms with Crippen molar-refractivity contribution in [1.29, 1.82) is 0 Å². The van der Waals surface area contributed by atoms with E-state index in [-0.39, 0.29) is 0 Å². The highest BCUT2D eigenvalue weighted by Crippen LogP contribution is 2.12. The SMILES string of the molecule is CC(CCN1CCCC1=O)NCc1cnc(N2CCN(C)CC2)nc1. The first-order chi connectivity index (χ1) is 12.1. The van der Waals surface area contributed by atoms with Crippen molar-refractivity contribution in [3.8, 4) is 0 Å². The number of aromatic nitrogens is 2. The summed E-state index contributed by atoms with van der Waals surface area (Å²) in [7, 11) is 2.15. The second-order valence-electron chi connectivity index (χ2n) is 7.24. The van der Waals surface area contributed by atoms with Crippen LogP contribution in [-0.4, -0.2) is 78.0 Å². The largest absolute Gasteiger partial charge is 0.343 e. The van der Waals surface area contributed by atoms with Gasteiger partial charge in [-0.25, -0.2) is 9.97 Å². The Kier molecular flexibility index (Phi) is 6.20. The monoisotopic (exact) mass is 346 g/mol. The van der Waals surface area contributed by atoms with E-state index in [9.17, 15) is 4.79 Å². The molecule has 1 amide bonds. The van der Waals surface area contributed by atoms with E-state index in [2.05, 4.69) is 39.1 Å². The number of anilines is 1. The van der Waals surface area contributed by atoms with Gasteiger partial charge in [-0.05, 0) is 26.8 Å². The fourth-order valence-electron chi connectivity index (χ4n) is 3.29. The minimum atomic E-state index is 0.306. The van der Waals surface area contributed by atoms with Crippen LogP contribution >= 0.6 is 0 Å². The summed E-state index contributed by atoms with van der Waals surface area (Å²) in [6.07, 6.45) is 6.55. The number of carbonyl (C=O) groups excluding carboxylic acids is 1. The van der Waals surface area contributed by atoms with Crippen molar-refractivity contribution in [1.82, 2.24) is 25.1 Å². The van der Waals surface area contributed by atoms with Crippen LogP contribution in [0, 0.1) is 0 Å². The van der Waals surface area contributed by atoms with Gasteiger partial charge in [0.25, 0.3) is 0 Å². The second-order valence-corrected chi connectivity index (χ2v) is 7.24. The molecule has 1 atom stereocenters. The minimum absolute atomic E-state index is 0.306. The summed E-state index contributed by atoms with van der Waals surface area (Å²) in [6.45, 7) is 8.80. The highest BCUT2D eigenvalue weighted by molar-refractivity contribution is 5.77. The van der Waals surface area contributed by atoms with Gasteiger partial charge in [0, 0.05) is 76.2 Å². The summed E-state index contributed by atoms with van der Waals surface area (Å²) >= 11 is 0. The second kappa shape index (κ2) is 8.58. The average Bonchev–Trinajstić information content (AvgIpc) is 3.04. The van der Waals surface area contributed by atoms with Gasteiger partial charge >= 0.3 is 0 Å². The number of carbonyl (C=O) groups is 1. The number of rotatable bonds is 7. The summed E-state index contributed by atoms with van der Waals surface area (Å²) in [5.74, 6) is 1.14. The lowest BCUT2D eigenvalue weighted by Crippen LogP contribution is -2.45. The molecule has 1 aromatic rings. The molecular formula is C18H30N6O. The fraction of sp³-hybridized carbons (Fsp3) is 0.722. The van der Waals surface area contributed by atoms with Crippen LogP contribution in [-0.2, 0) is 11.3 Å². The third-order valence-corrected chi connectivity index (χ3v) is 5.14. The van der Waals surface area contributed by atoms with Crippen molar-refractivity contribution >= 4 is 11.9 Å². The molecule has 2 saturated heterocycles. The van der Waals surface area contributed by atoms with Gasteiger partial charge in [-0.15, -0.1) is 0 Å². The van der Waals surface area contributed by atoms with E-state index in [1.54, 1.807) is 0 Å². The molecule has 0 aromatic carbocycles. The molecule has 2 fully saturated rings. The Morgan fingerprint density at radius 3 is 2.52 bits per heavy atom. The van der Waals surface area contributed by atoms with Crippen molar-refractivity contribution in [3.05, 3.63) is 18.0 Å². The lowest BCUT2D eigenvalue weighted by atomic mass is 10.2. The molecule has 1 aromatic heterocycles. The molecule has 0 saturated carbocycles. The van der Waals surface area contributed by atoms with Gasteiger partial charge in [0.2, 0.25) is 11.9 Å². The summed E-state index contributed by atoms with van der Waals surface area (Å²) < 4.78 is 0.